The molecule has 2 aromatic heterocycles. The summed E-state index contributed by atoms with van der Waals surface area (Å²) in [6, 6.07) is 5.60. The van der Waals surface area contributed by atoms with Gasteiger partial charge in [-0.3, -0.25) is 4.98 Å². The maximum Gasteiger partial charge on any atom is 0.131 e. The van der Waals surface area contributed by atoms with Crippen LogP contribution in [0.25, 0.3) is 0 Å². The molecule has 14 heavy (non-hydrogen) atoms. The summed E-state index contributed by atoms with van der Waals surface area (Å²) in [4.78, 5) is 12.0. The van der Waals surface area contributed by atoms with E-state index in [-0.39, 0.29) is 0 Å². The molecule has 0 fully saturated rings. The Morgan fingerprint density at radius 2 is 1.71 bits per heavy atom. The van der Waals surface area contributed by atoms with Crippen LogP contribution in [-0.2, 0) is 0 Å². The predicted molar refractivity (Wildman–Crippen MR) is 52.2 cm³/mol. The van der Waals surface area contributed by atoms with Gasteiger partial charge in [0.2, 0.25) is 0 Å². The zero-order chi connectivity index (χ0) is 9.64. The summed E-state index contributed by atoms with van der Waals surface area (Å²) in [6.45, 7) is 0. The molecule has 2 rings (SSSR count). The van der Waals surface area contributed by atoms with Crippen molar-refractivity contribution in [3.8, 4) is 11.8 Å². The zero-order valence-corrected chi connectivity index (χ0v) is 7.38. The summed E-state index contributed by atoms with van der Waals surface area (Å²) in [5.74, 6) is 5.77. The van der Waals surface area contributed by atoms with Crippen molar-refractivity contribution in [2.75, 3.05) is 0 Å². The van der Waals surface area contributed by atoms with Gasteiger partial charge in [0.05, 0.1) is 6.20 Å². The van der Waals surface area contributed by atoms with Crippen LogP contribution < -0.4 is 0 Å². The minimum absolute atomic E-state index is 0.651. The van der Waals surface area contributed by atoms with Crippen molar-refractivity contribution >= 4 is 0 Å². The van der Waals surface area contributed by atoms with Crippen LogP contribution in [-0.4, -0.2) is 15.0 Å². The van der Waals surface area contributed by atoms with Gasteiger partial charge in [0.25, 0.3) is 0 Å². The largest absolute Gasteiger partial charge is 0.260 e. The smallest absolute Gasteiger partial charge is 0.131 e. The van der Waals surface area contributed by atoms with Crippen LogP contribution in [0.3, 0.4) is 0 Å². The van der Waals surface area contributed by atoms with Crippen molar-refractivity contribution in [3.05, 3.63) is 54.4 Å². The quantitative estimate of drug-likeness (QED) is 0.574. The highest BCUT2D eigenvalue weighted by Crippen LogP contribution is 1.91. The fourth-order valence-electron chi connectivity index (χ4n) is 0.928. The molecule has 0 atom stereocenters. The second-order valence-electron chi connectivity index (χ2n) is 2.56. The maximum atomic E-state index is 4.07. The van der Waals surface area contributed by atoms with Crippen molar-refractivity contribution in [2.45, 2.75) is 0 Å². The Hall–Kier alpha value is -2.21. The first kappa shape index (κ1) is 8.39. The summed E-state index contributed by atoms with van der Waals surface area (Å²) >= 11 is 0. The van der Waals surface area contributed by atoms with E-state index in [4.69, 9.17) is 0 Å². The third-order valence-corrected chi connectivity index (χ3v) is 1.55. The molecule has 0 spiro atoms. The van der Waals surface area contributed by atoms with E-state index < -0.39 is 0 Å². The molecule has 0 aliphatic rings. The van der Waals surface area contributed by atoms with Crippen LogP contribution in [0.4, 0.5) is 0 Å². The highest BCUT2D eigenvalue weighted by molar-refractivity contribution is 5.34. The number of hydrogen-bond donors (Lipinski definition) is 0. The molecule has 0 N–H and O–H groups in total. The second-order valence-corrected chi connectivity index (χ2v) is 2.56. The molecule has 3 nitrogen and oxygen atoms in total. The van der Waals surface area contributed by atoms with Crippen molar-refractivity contribution < 1.29 is 0 Å². The van der Waals surface area contributed by atoms with Crippen LogP contribution in [0.1, 0.15) is 11.4 Å². The summed E-state index contributed by atoms with van der Waals surface area (Å²) in [5, 5.41) is 0. The standard InChI is InChI=1S/C11H7N3/c1-2-6-13-10(3-1)4-5-11-9-12-7-8-14-11/h1-3,6-9H. The highest BCUT2D eigenvalue weighted by atomic mass is 14.7. The molecule has 0 unspecified atom stereocenters. The van der Waals surface area contributed by atoms with E-state index in [1.165, 1.54) is 0 Å². The number of pyridine rings is 1. The van der Waals surface area contributed by atoms with Gasteiger partial charge in [0.15, 0.2) is 0 Å². The van der Waals surface area contributed by atoms with Crippen LogP contribution >= 0.6 is 0 Å². The lowest BCUT2D eigenvalue weighted by atomic mass is 10.3. The fourth-order valence-corrected chi connectivity index (χ4v) is 0.928. The zero-order valence-electron chi connectivity index (χ0n) is 7.38. The molecule has 0 bridgehead atoms. The van der Waals surface area contributed by atoms with Gasteiger partial charge in [-0.05, 0) is 24.0 Å². The molecule has 0 saturated carbocycles. The van der Waals surface area contributed by atoms with E-state index in [2.05, 4.69) is 26.8 Å². The molecule has 0 aromatic carbocycles. The third kappa shape index (κ3) is 2.14. The summed E-state index contributed by atoms with van der Waals surface area (Å²) in [5.41, 5.74) is 1.39. The van der Waals surface area contributed by atoms with Crippen molar-refractivity contribution in [2.24, 2.45) is 0 Å². The van der Waals surface area contributed by atoms with Crippen LogP contribution in [0.2, 0.25) is 0 Å². The molecule has 0 amide bonds. The first-order valence-electron chi connectivity index (χ1n) is 4.14. The van der Waals surface area contributed by atoms with Gasteiger partial charge in [0, 0.05) is 18.6 Å². The molecule has 0 saturated heterocycles. The Balaban J connectivity index is 2.24. The number of aromatic nitrogens is 3. The summed E-state index contributed by atoms with van der Waals surface area (Å²) in [6.07, 6.45) is 6.56. The Kier molecular flexibility index (Phi) is 2.49. The third-order valence-electron chi connectivity index (χ3n) is 1.55. The van der Waals surface area contributed by atoms with Gasteiger partial charge in [0.1, 0.15) is 11.4 Å². The Morgan fingerprint density at radius 3 is 2.43 bits per heavy atom. The van der Waals surface area contributed by atoms with Crippen molar-refractivity contribution in [1.29, 1.82) is 0 Å². The van der Waals surface area contributed by atoms with E-state index in [1.54, 1.807) is 24.8 Å². The minimum Gasteiger partial charge on any atom is -0.260 e. The molecule has 3 heteroatoms. The first-order valence-corrected chi connectivity index (χ1v) is 4.14. The number of rotatable bonds is 0. The highest BCUT2D eigenvalue weighted by Gasteiger charge is 1.86. The fraction of sp³-hybridized carbons (Fsp3) is 0. The van der Waals surface area contributed by atoms with E-state index >= 15 is 0 Å². The van der Waals surface area contributed by atoms with Gasteiger partial charge >= 0.3 is 0 Å². The SMILES string of the molecule is C(#Cc1cnccn1)c1ccccn1. The lowest BCUT2D eigenvalue weighted by Crippen LogP contribution is -1.83. The van der Waals surface area contributed by atoms with Gasteiger partial charge in [-0.1, -0.05) is 6.07 Å². The molecule has 2 aromatic rings. The monoisotopic (exact) mass is 181 g/mol. The summed E-state index contributed by atoms with van der Waals surface area (Å²) in [7, 11) is 0. The normalized spacial score (nSPS) is 8.86. The molecule has 0 aliphatic heterocycles. The van der Waals surface area contributed by atoms with Gasteiger partial charge in [-0.15, -0.1) is 0 Å². The Labute approximate surface area is 81.9 Å². The molecule has 2 heterocycles. The molecule has 0 aliphatic carbocycles. The van der Waals surface area contributed by atoms with E-state index in [0.29, 0.717) is 5.69 Å². The van der Waals surface area contributed by atoms with Gasteiger partial charge < -0.3 is 0 Å². The predicted octanol–water partition coefficient (Wildman–Crippen LogP) is 1.27. The first-order chi connectivity index (χ1) is 6.95. The Morgan fingerprint density at radius 1 is 0.857 bits per heavy atom. The van der Waals surface area contributed by atoms with Crippen LogP contribution in [0.15, 0.2) is 43.0 Å². The van der Waals surface area contributed by atoms with E-state index in [0.717, 1.165) is 5.69 Å². The van der Waals surface area contributed by atoms with Crippen LogP contribution in [0, 0.1) is 11.8 Å². The minimum atomic E-state index is 0.651. The number of hydrogen-bond acceptors (Lipinski definition) is 3. The van der Waals surface area contributed by atoms with Gasteiger partial charge in [-0.25, -0.2) is 9.97 Å². The lowest BCUT2D eigenvalue weighted by molar-refractivity contribution is 1.17. The topological polar surface area (TPSA) is 38.7 Å². The van der Waals surface area contributed by atoms with Crippen molar-refractivity contribution in [1.82, 2.24) is 15.0 Å². The molecular weight excluding hydrogens is 174 g/mol. The molecular formula is C11H7N3. The summed E-state index contributed by atoms with van der Waals surface area (Å²) < 4.78 is 0. The lowest BCUT2D eigenvalue weighted by Gasteiger charge is -1.86. The molecule has 66 valence electrons. The maximum absolute atomic E-state index is 4.07. The Bertz CT molecular complexity index is 411. The van der Waals surface area contributed by atoms with E-state index in [1.807, 2.05) is 18.2 Å². The second kappa shape index (κ2) is 4.15. The van der Waals surface area contributed by atoms with Gasteiger partial charge in [-0.2, -0.15) is 0 Å². The van der Waals surface area contributed by atoms with Crippen molar-refractivity contribution in [3.63, 3.8) is 0 Å². The molecule has 0 radical (unpaired) electrons. The average Bonchev–Trinajstić information content (AvgIpc) is 2.29. The number of nitrogens with zero attached hydrogens (tertiary/aromatic N) is 3. The average molecular weight is 181 g/mol. The van der Waals surface area contributed by atoms with E-state index in [9.17, 15) is 0 Å². The van der Waals surface area contributed by atoms with Crippen LogP contribution in [0.5, 0.6) is 0 Å².